The standard InChI is InChI=1S/C14H17NO6S/c1-9(16)22-7-12(17)15-8-14(20,6-11(15)13(18)19)5-10-3-2-4-21-10/h2-4,11,20H,5-8H2,1H3,(H,18,19)/t11-,14?/m0/s1. The topological polar surface area (TPSA) is 108 Å². The number of aliphatic carboxylic acids is 1. The lowest BCUT2D eigenvalue weighted by Crippen LogP contribution is -2.42. The van der Waals surface area contributed by atoms with Crippen molar-refractivity contribution in [3.05, 3.63) is 24.2 Å². The third-order valence-corrected chi connectivity index (χ3v) is 4.30. The largest absolute Gasteiger partial charge is 0.480 e. The molecule has 1 aliphatic heterocycles. The van der Waals surface area contributed by atoms with E-state index in [1.165, 1.54) is 13.2 Å². The van der Waals surface area contributed by atoms with Crippen LogP contribution in [0.4, 0.5) is 0 Å². The van der Waals surface area contributed by atoms with Crippen molar-refractivity contribution in [3.63, 3.8) is 0 Å². The number of amides is 1. The average molecular weight is 327 g/mol. The van der Waals surface area contributed by atoms with Crippen LogP contribution in [0.3, 0.4) is 0 Å². The number of hydrogen-bond acceptors (Lipinski definition) is 6. The molecule has 8 heteroatoms. The number of aliphatic hydroxyl groups is 1. The lowest BCUT2D eigenvalue weighted by molar-refractivity contribution is -0.147. The summed E-state index contributed by atoms with van der Waals surface area (Å²) in [7, 11) is 0. The number of carboxylic acid groups (broad SMARTS) is 1. The quantitative estimate of drug-likeness (QED) is 0.811. The lowest BCUT2D eigenvalue weighted by Gasteiger charge is -2.23. The first-order chi connectivity index (χ1) is 10.3. The Bertz CT molecular complexity index is 572. The van der Waals surface area contributed by atoms with Gasteiger partial charge in [-0.1, -0.05) is 11.8 Å². The van der Waals surface area contributed by atoms with Crippen LogP contribution in [0.25, 0.3) is 0 Å². The Hall–Kier alpha value is -1.80. The summed E-state index contributed by atoms with van der Waals surface area (Å²) in [5.41, 5.74) is -1.35. The first-order valence-electron chi connectivity index (χ1n) is 6.71. The van der Waals surface area contributed by atoms with Crippen LogP contribution < -0.4 is 0 Å². The molecule has 2 N–H and O–H groups in total. The summed E-state index contributed by atoms with van der Waals surface area (Å²) in [6, 6.07) is 2.26. The van der Waals surface area contributed by atoms with E-state index < -0.39 is 23.5 Å². The van der Waals surface area contributed by atoms with Gasteiger partial charge in [0, 0.05) is 19.8 Å². The summed E-state index contributed by atoms with van der Waals surface area (Å²) in [5.74, 6) is -1.24. The van der Waals surface area contributed by atoms with Gasteiger partial charge in [-0.25, -0.2) is 4.79 Å². The molecule has 120 valence electrons. The second kappa shape index (κ2) is 6.53. The molecule has 1 unspecified atom stereocenters. The monoisotopic (exact) mass is 327 g/mol. The minimum atomic E-state index is -1.35. The van der Waals surface area contributed by atoms with Gasteiger partial charge < -0.3 is 19.5 Å². The lowest BCUT2D eigenvalue weighted by atomic mass is 9.95. The third kappa shape index (κ3) is 3.89. The van der Waals surface area contributed by atoms with Gasteiger partial charge >= 0.3 is 5.97 Å². The van der Waals surface area contributed by atoms with Gasteiger partial charge in [-0.05, 0) is 12.1 Å². The maximum atomic E-state index is 12.1. The fraction of sp³-hybridized carbons (Fsp3) is 0.500. The van der Waals surface area contributed by atoms with Crippen LogP contribution in [-0.2, 0) is 20.8 Å². The zero-order valence-electron chi connectivity index (χ0n) is 12.0. The average Bonchev–Trinajstić information content (AvgIpc) is 3.04. The minimum absolute atomic E-state index is 0.0699. The van der Waals surface area contributed by atoms with Gasteiger partial charge in [-0.15, -0.1) is 0 Å². The highest BCUT2D eigenvalue weighted by molar-refractivity contribution is 8.14. The molecular weight excluding hydrogens is 310 g/mol. The summed E-state index contributed by atoms with van der Waals surface area (Å²) in [5, 5.41) is 19.6. The summed E-state index contributed by atoms with van der Waals surface area (Å²) in [4.78, 5) is 35.5. The third-order valence-electron chi connectivity index (χ3n) is 3.50. The Labute approximate surface area is 131 Å². The highest BCUT2D eigenvalue weighted by Crippen LogP contribution is 2.31. The van der Waals surface area contributed by atoms with Crippen LogP contribution in [-0.4, -0.2) is 56.0 Å². The van der Waals surface area contributed by atoms with Crippen LogP contribution in [0.15, 0.2) is 22.8 Å². The Balaban J connectivity index is 2.10. The maximum Gasteiger partial charge on any atom is 0.326 e. The molecule has 0 bridgehead atoms. The SMILES string of the molecule is CC(=O)SCC(=O)N1CC(O)(Cc2ccco2)C[C@H]1C(=O)O. The number of thioether (sulfide) groups is 1. The van der Waals surface area contributed by atoms with Crippen molar-refractivity contribution in [2.24, 2.45) is 0 Å². The number of carboxylic acids is 1. The van der Waals surface area contributed by atoms with Crippen molar-refractivity contribution >= 4 is 28.8 Å². The van der Waals surface area contributed by atoms with E-state index in [-0.39, 0.29) is 30.3 Å². The van der Waals surface area contributed by atoms with Crippen molar-refractivity contribution < 1.29 is 29.0 Å². The van der Waals surface area contributed by atoms with Gasteiger partial charge in [0.2, 0.25) is 5.91 Å². The Morgan fingerprint density at radius 1 is 1.50 bits per heavy atom. The summed E-state index contributed by atoms with van der Waals surface area (Å²) in [6.07, 6.45) is 1.53. The van der Waals surface area contributed by atoms with Crippen molar-refractivity contribution in [2.45, 2.75) is 31.4 Å². The van der Waals surface area contributed by atoms with Crippen LogP contribution >= 0.6 is 11.8 Å². The molecule has 0 saturated carbocycles. The number of furan rings is 1. The molecular formula is C14H17NO6S. The van der Waals surface area contributed by atoms with Gasteiger partial charge in [0.05, 0.1) is 24.2 Å². The molecule has 2 atom stereocenters. The van der Waals surface area contributed by atoms with Gasteiger partial charge in [0.25, 0.3) is 0 Å². The zero-order valence-corrected chi connectivity index (χ0v) is 12.8. The Morgan fingerprint density at radius 2 is 2.23 bits per heavy atom. The summed E-state index contributed by atoms with van der Waals surface area (Å²) in [6.45, 7) is 1.24. The number of nitrogens with zero attached hydrogens (tertiary/aromatic N) is 1. The Morgan fingerprint density at radius 3 is 2.77 bits per heavy atom. The molecule has 22 heavy (non-hydrogen) atoms. The molecule has 0 aliphatic carbocycles. The number of carbonyl (C=O) groups excluding carboxylic acids is 2. The molecule has 1 fully saturated rings. The van der Waals surface area contributed by atoms with Crippen LogP contribution in [0.5, 0.6) is 0 Å². The summed E-state index contributed by atoms with van der Waals surface area (Å²) >= 11 is 0.822. The maximum absolute atomic E-state index is 12.1. The minimum Gasteiger partial charge on any atom is -0.480 e. The van der Waals surface area contributed by atoms with Crippen molar-refractivity contribution in [3.8, 4) is 0 Å². The number of hydrogen-bond donors (Lipinski definition) is 2. The van der Waals surface area contributed by atoms with Crippen molar-refractivity contribution in [2.75, 3.05) is 12.3 Å². The first kappa shape index (κ1) is 16.6. The molecule has 0 radical (unpaired) electrons. The molecule has 2 rings (SSSR count). The van der Waals surface area contributed by atoms with Crippen LogP contribution in [0, 0.1) is 0 Å². The van der Waals surface area contributed by atoms with Crippen molar-refractivity contribution in [1.29, 1.82) is 0 Å². The van der Waals surface area contributed by atoms with E-state index in [0.29, 0.717) is 5.76 Å². The predicted molar refractivity (Wildman–Crippen MR) is 78.3 cm³/mol. The molecule has 0 spiro atoms. The van der Waals surface area contributed by atoms with E-state index in [1.807, 2.05) is 0 Å². The number of β-amino-alcohol motifs (C(OH)–C–C–N with tert-alkyl or cyclic N) is 1. The van der Waals surface area contributed by atoms with E-state index in [9.17, 15) is 24.6 Å². The molecule has 2 heterocycles. The van der Waals surface area contributed by atoms with Gasteiger partial charge in [0.1, 0.15) is 11.8 Å². The fourth-order valence-corrected chi connectivity index (χ4v) is 3.05. The second-order valence-electron chi connectivity index (χ2n) is 5.34. The number of carbonyl (C=O) groups is 3. The van der Waals surface area contributed by atoms with E-state index in [1.54, 1.807) is 12.1 Å². The highest BCUT2D eigenvalue weighted by Gasteiger charge is 2.48. The van der Waals surface area contributed by atoms with Gasteiger partial charge in [-0.2, -0.15) is 0 Å². The smallest absolute Gasteiger partial charge is 0.326 e. The molecule has 1 aromatic heterocycles. The molecule has 0 aromatic carbocycles. The Kier molecular flexibility index (Phi) is 4.92. The van der Waals surface area contributed by atoms with Crippen LogP contribution in [0.2, 0.25) is 0 Å². The number of likely N-dealkylation sites (tertiary alicyclic amines) is 1. The summed E-state index contributed by atoms with van der Waals surface area (Å²) < 4.78 is 5.17. The fourth-order valence-electron chi connectivity index (χ4n) is 2.56. The molecule has 1 saturated heterocycles. The van der Waals surface area contributed by atoms with Gasteiger partial charge in [-0.3, -0.25) is 9.59 Å². The molecule has 1 aliphatic rings. The van der Waals surface area contributed by atoms with Crippen LogP contribution in [0.1, 0.15) is 19.1 Å². The van der Waals surface area contributed by atoms with E-state index in [4.69, 9.17) is 4.42 Å². The van der Waals surface area contributed by atoms with E-state index in [0.717, 1.165) is 16.7 Å². The number of rotatable bonds is 5. The first-order valence-corrected chi connectivity index (χ1v) is 7.70. The zero-order chi connectivity index (χ0) is 16.3. The van der Waals surface area contributed by atoms with E-state index in [2.05, 4.69) is 0 Å². The second-order valence-corrected chi connectivity index (χ2v) is 6.49. The normalized spacial score (nSPS) is 24.5. The van der Waals surface area contributed by atoms with Crippen molar-refractivity contribution in [1.82, 2.24) is 4.90 Å². The molecule has 1 amide bonds. The predicted octanol–water partition coefficient (Wildman–Crippen LogP) is 0.518. The van der Waals surface area contributed by atoms with E-state index >= 15 is 0 Å². The molecule has 1 aromatic rings. The molecule has 7 nitrogen and oxygen atoms in total. The van der Waals surface area contributed by atoms with Gasteiger partial charge in [0.15, 0.2) is 5.12 Å². The highest BCUT2D eigenvalue weighted by atomic mass is 32.2.